The van der Waals surface area contributed by atoms with Gasteiger partial charge in [0.2, 0.25) is 0 Å². The fourth-order valence-corrected chi connectivity index (χ4v) is 3.85. The summed E-state index contributed by atoms with van der Waals surface area (Å²) in [4.78, 5) is 14.1. The number of rotatable bonds is 7. The SMILES string of the molecule is CCCN1C(=O)/C(=C/c2cc(Br)c(OCc3ccc(Cl)cc3)c(OC)c2)NC1=S. The maximum atomic E-state index is 12.5. The molecular formula is C21H20BrClN2O3S. The van der Waals surface area contributed by atoms with Crippen molar-refractivity contribution < 1.29 is 14.3 Å². The molecule has 1 aliphatic heterocycles. The first-order chi connectivity index (χ1) is 13.9. The number of carbonyl (C=O) groups excluding carboxylic acids is 1. The van der Waals surface area contributed by atoms with Gasteiger partial charge < -0.3 is 14.8 Å². The monoisotopic (exact) mass is 494 g/mol. The predicted molar refractivity (Wildman–Crippen MR) is 122 cm³/mol. The van der Waals surface area contributed by atoms with E-state index >= 15 is 0 Å². The highest BCUT2D eigenvalue weighted by Crippen LogP contribution is 2.38. The van der Waals surface area contributed by atoms with E-state index in [0.29, 0.717) is 40.5 Å². The van der Waals surface area contributed by atoms with E-state index in [1.807, 2.05) is 43.3 Å². The minimum absolute atomic E-state index is 0.130. The number of methoxy groups -OCH3 is 1. The van der Waals surface area contributed by atoms with Gasteiger partial charge in [-0.25, -0.2) is 0 Å². The molecule has 29 heavy (non-hydrogen) atoms. The summed E-state index contributed by atoms with van der Waals surface area (Å²) in [6.07, 6.45) is 2.58. The molecule has 0 radical (unpaired) electrons. The van der Waals surface area contributed by atoms with E-state index in [0.717, 1.165) is 22.0 Å². The second kappa shape index (κ2) is 9.61. The Balaban J connectivity index is 1.82. The number of hydrogen-bond acceptors (Lipinski definition) is 4. The van der Waals surface area contributed by atoms with Crippen LogP contribution >= 0.6 is 39.7 Å². The first-order valence-corrected chi connectivity index (χ1v) is 10.6. The molecule has 0 saturated carbocycles. The van der Waals surface area contributed by atoms with E-state index in [1.165, 1.54) is 0 Å². The van der Waals surface area contributed by atoms with E-state index in [1.54, 1.807) is 18.1 Å². The fraction of sp³-hybridized carbons (Fsp3) is 0.238. The maximum absolute atomic E-state index is 12.5. The molecule has 0 atom stereocenters. The Labute approximate surface area is 188 Å². The van der Waals surface area contributed by atoms with Crippen molar-refractivity contribution in [3.8, 4) is 11.5 Å². The van der Waals surface area contributed by atoms with Gasteiger partial charge in [-0.2, -0.15) is 0 Å². The summed E-state index contributed by atoms with van der Waals surface area (Å²) in [5.74, 6) is 1.01. The molecule has 8 heteroatoms. The molecule has 1 fully saturated rings. The summed E-state index contributed by atoms with van der Waals surface area (Å²) in [6, 6.07) is 11.1. The number of hydrogen-bond donors (Lipinski definition) is 1. The third kappa shape index (κ3) is 5.10. The minimum Gasteiger partial charge on any atom is -0.493 e. The molecule has 0 bridgehead atoms. The lowest BCUT2D eigenvalue weighted by Gasteiger charge is -2.14. The van der Waals surface area contributed by atoms with E-state index < -0.39 is 0 Å². The standard InChI is InChI=1S/C21H20BrClN2O3S/c1-3-8-25-20(26)17(24-21(25)29)10-14-9-16(22)19(18(11-14)27-2)28-12-13-4-6-15(23)7-5-13/h4-7,9-11H,3,8,12H2,1-2H3,(H,24,29)/b17-10-. The largest absolute Gasteiger partial charge is 0.493 e. The van der Waals surface area contributed by atoms with Crippen molar-refractivity contribution in [3.05, 3.63) is 62.7 Å². The van der Waals surface area contributed by atoms with Crippen LogP contribution in [0.4, 0.5) is 0 Å². The number of halogens is 2. The van der Waals surface area contributed by atoms with Crippen LogP contribution in [0.2, 0.25) is 5.02 Å². The average Bonchev–Trinajstić information content (AvgIpc) is 2.96. The van der Waals surface area contributed by atoms with Gasteiger partial charge in [-0.1, -0.05) is 30.7 Å². The zero-order valence-electron chi connectivity index (χ0n) is 16.0. The zero-order valence-corrected chi connectivity index (χ0v) is 19.2. The maximum Gasteiger partial charge on any atom is 0.276 e. The lowest BCUT2D eigenvalue weighted by atomic mass is 10.1. The topological polar surface area (TPSA) is 50.8 Å². The van der Waals surface area contributed by atoms with Gasteiger partial charge in [-0.3, -0.25) is 9.69 Å². The van der Waals surface area contributed by atoms with E-state index in [-0.39, 0.29) is 5.91 Å². The molecule has 2 aromatic rings. The van der Waals surface area contributed by atoms with Crippen molar-refractivity contribution >= 4 is 56.8 Å². The number of nitrogens with one attached hydrogen (secondary N) is 1. The quantitative estimate of drug-likeness (QED) is 0.425. The molecule has 0 aliphatic carbocycles. The minimum atomic E-state index is -0.130. The third-order valence-corrected chi connectivity index (χ3v) is 5.43. The predicted octanol–water partition coefficient (Wildman–Crippen LogP) is 5.16. The van der Waals surface area contributed by atoms with Crippen molar-refractivity contribution in [3.63, 3.8) is 0 Å². The smallest absolute Gasteiger partial charge is 0.276 e. The summed E-state index contributed by atoms with van der Waals surface area (Å²) < 4.78 is 12.2. The molecule has 1 heterocycles. The molecule has 0 spiro atoms. The highest BCUT2D eigenvalue weighted by Gasteiger charge is 2.29. The van der Waals surface area contributed by atoms with Gasteiger partial charge >= 0.3 is 0 Å². The lowest BCUT2D eigenvalue weighted by molar-refractivity contribution is -0.122. The zero-order chi connectivity index (χ0) is 21.0. The number of benzene rings is 2. The summed E-state index contributed by atoms with van der Waals surface area (Å²) in [5, 5.41) is 4.09. The molecule has 5 nitrogen and oxygen atoms in total. The summed E-state index contributed by atoms with van der Waals surface area (Å²) in [7, 11) is 1.57. The van der Waals surface area contributed by atoms with Gasteiger partial charge in [0.25, 0.3) is 5.91 Å². The number of nitrogens with zero attached hydrogens (tertiary/aromatic N) is 1. The molecule has 0 aromatic heterocycles. The molecule has 0 unspecified atom stereocenters. The van der Waals surface area contributed by atoms with E-state index in [2.05, 4.69) is 21.2 Å². The van der Waals surface area contributed by atoms with Crippen LogP contribution < -0.4 is 14.8 Å². The van der Waals surface area contributed by atoms with Crippen molar-refractivity contribution in [1.82, 2.24) is 10.2 Å². The normalized spacial score (nSPS) is 15.0. The van der Waals surface area contributed by atoms with Gasteiger partial charge in [-0.05, 0) is 76.0 Å². The first-order valence-electron chi connectivity index (χ1n) is 9.02. The van der Waals surface area contributed by atoms with Crippen molar-refractivity contribution in [2.24, 2.45) is 0 Å². The Morgan fingerprint density at radius 3 is 2.66 bits per heavy atom. The molecule has 1 aliphatic rings. The number of amides is 1. The van der Waals surface area contributed by atoms with Crippen LogP contribution in [0.25, 0.3) is 6.08 Å². The number of ether oxygens (including phenoxy) is 2. The molecule has 2 aromatic carbocycles. The Bertz CT molecular complexity index is 963. The van der Waals surface area contributed by atoms with Gasteiger partial charge in [0.1, 0.15) is 12.3 Å². The van der Waals surface area contributed by atoms with Crippen LogP contribution in [-0.4, -0.2) is 29.6 Å². The Kier molecular flexibility index (Phi) is 7.16. The van der Waals surface area contributed by atoms with Crippen LogP contribution in [0.15, 0.2) is 46.6 Å². The Hall–Kier alpha value is -2.09. The van der Waals surface area contributed by atoms with Crippen LogP contribution in [0, 0.1) is 0 Å². The van der Waals surface area contributed by atoms with Crippen molar-refractivity contribution in [2.45, 2.75) is 20.0 Å². The number of thiocarbonyl (C=S) groups is 1. The second-order valence-electron chi connectivity index (χ2n) is 6.39. The van der Waals surface area contributed by atoms with Crippen LogP contribution in [0.3, 0.4) is 0 Å². The van der Waals surface area contributed by atoms with Crippen LogP contribution in [-0.2, 0) is 11.4 Å². The Morgan fingerprint density at radius 2 is 2.00 bits per heavy atom. The molecule has 3 rings (SSSR count). The van der Waals surface area contributed by atoms with Crippen molar-refractivity contribution in [1.29, 1.82) is 0 Å². The Morgan fingerprint density at radius 1 is 1.28 bits per heavy atom. The van der Waals surface area contributed by atoms with E-state index in [9.17, 15) is 4.79 Å². The second-order valence-corrected chi connectivity index (χ2v) is 8.07. The fourth-order valence-electron chi connectivity index (χ4n) is 2.86. The average molecular weight is 496 g/mol. The molecular weight excluding hydrogens is 476 g/mol. The van der Waals surface area contributed by atoms with Crippen LogP contribution in [0.5, 0.6) is 11.5 Å². The van der Waals surface area contributed by atoms with E-state index in [4.69, 9.17) is 33.3 Å². The lowest BCUT2D eigenvalue weighted by Crippen LogP contribution is -2.31. The third-order valence-electron chi connectivity index (χ3n) is 4.27. The van der Waals surface area contributed by atoms with Gasteiger partial charge in [-0.15, -0.1) is 0 Å². The highest BCUT2D eigenvalue weighted by atomic mass is 79.9. The van der Waals surface area contributed by atoms with Crippen LogP contribution in [0.1, 0.15) is 24.5 Å². The molecule has 1 saturated heterocycles. The van der Waals surface area contributed by atoms with Crippen molar-refractivity contribution in [2.75, 3.05) is 13.7 Å². The van der Waals surface area contributed by atoms with Gasteiger partial charge in [0, 0.05) is 11.6 Å². The summed E-state index contributed by atoms with van der Waals surface area (Å²) >= 11 is 14.7. The first kappa shape index (κ1) is 21.6. The molecule has 1 N–H and O–H groups in total. The molecule has 152 valence electrons. The summed E-state index contributed by atoms with van der Waals surface area (Å²) in [5.41, 5.74) is 2.21. The van der Waals surface area contributed by atoms with Gasteiger partial charge in [0.15, 0.2) is 16.6 Å². The molecule has 1 amide bonds. The highest BCUT2D eigenvalue weighted by molar-refractivity contribution is 9.10. The summed E-state index contributed by atoms with van der Waals surface area (Å²) in [6.45, 7) is 2.96. The van der Waals surface area contributed by atoms with Gasteiger partial charge in [0.05, 0.1) is 11.6 Å². The number of carbonyl (C=O) groups is 1.